The third kappa shape index (κ3) is 4.08. The number of hydrogen-bond donors (Lipinski definition) is 1. The molecule has 0 radical (unpaired) electrons. The molecular formula is C18H30N2O4. The van der Waals surface area contributed by atoms with Gasteiger partial charge in [-0.15, -0.1) is 0 Å². The van der Waals surface area contributed by atoms with Crippen molar-refractivity contribution in [2.24, 2.45) is 11.3 Å². The summed E-state index contributed by atoms with van der Waals surface area (Å²) in [6, 6.07) is 0. The van der Waals surface area contributed by atoms with Gasteiger partial charge in [-0.05, 0) is 32.1 Å². The molecule has 1 heterocycles. The Morgan fingerprint density at radius 1 is 1.21 bits per heavy atom. The number of carboxylic acids is 1. The lowest BCUT2D eigenvalue weighted by atomic mass is 9.66. The predicted octanol–water partition coefficient (Wildman–Crippen LogP) is 2.13. The molecular weight excluding hydrogens is 308 g/mol. The van der Waals surface area contributed by atoms with Crippen molar-refractivity contribution in [3.05, 3.63) is 0 Å². The average Bonchev–Trinajstić information content (AvgIpc) is 2.54. The topological polar surface area (TPSA) is 77.9 Å². The van der Waals surface area contributed by atoms with Crippen molar-refractivity contribution in [2.45, 2.75) is 58.3 Å². The number of nitrogens with zero attached hydrogens (tertiary/aromatic N) is 2. The average molecular weight is 338 g/mol. The summed E-state index contributed by atoms with van der Waals surface area (Å²) in [4.78, 5) is 39.8. The number of carboxylic acid groups (broad SMARTS) is 1. The maximum atomic E-state index is 12.4. The van der Waals surface area contributed by atoms with Crippen LogP contribution in [0.3, 0.4) is 0 Å². The summed E-state index contributed by atoms with van der Waals surface area (Å²) >= 11 is 0. The Hall–Kier alpha value is -1.59. The first kappa shape index (κ1) is 18.7. The minimum absolute atomic E-state index is 0.00644. The van der Waals surface area contributed by atoms with Gasteiger partial charge in [0.15, 0.2) is 0 Å². The highest BCUT2D eigenvalue weighted by Gasteiger charge is 2.46. The van der Waals surface area contributed by atoms with Crippen LogP contribution in [-0.4, -0.2) is 59.4 Å². The van der Waals surface area contributed by atoms with Crippen molar-refractivity contribution in [3.63, 3.8) is 0 Å². The summed E-state index contributed by atoms with van der Waals surface area (Å²) in [6.07, 6.45) is 5.64. The first-order valence-corrected chi connectivity index (χ1v) is 9.16. The summed E-state index contributed by atoms with van der Waals surface area (Å²) in [5, 5.41) is 9.36. The normalized spacial score (nSPS) is 20.3. The molecule has 2 aliphatic rings. The number of likely N-dealkylation sites (tertiary alicyclic amines) is 1. The number of carbonyl (C=O) groups excluding carboxylic acids is 2. The van der Waals surface area contributed by atoms with Crippen LogP contribution in [0.25, 0.3) is 0 Å². The molecule has 1 aliphatic carbocycles. The van der Waals surface area contributed by atoms with E-state index < -0.39 is 11.4 Å². The van der Waals surface area contributed by atoms with E-state index in [1.165, 1.54) is 0 Å². The number of hydrogen-bond acceptors (Lipinski definition) is 3. The molecule has 2 amide bonds. The van der Waals surface area contributed by atoms with Crippen LogP contribution < -0.4 is 0 Å². The predicted molar refractivity (Wildman–Crippen MR) is 90.4 cm³/mol. The van der Waals surface area contributed by atoms with Gasteiger partial charge in [-0.1, -0.05) is 19.8 Å². The number of carbonyl (C=O) groups is 3. The van der Waals surface area contributed by atoms with Crippen LogP contribution in [0.15, 0.2) is 0 Å². The van der Waals surface area contributed by atoms with Gasteiger partial charge in [0.1, 0.15) is 0 Å². The van der Waals surface area contributed by atoms with E-state index in [0.29, 0.717) is 38.8 Å². The van der Waals surface area contributed by atoms with Crippen molar-refractivity contribution in [2.75, 3.05) is 26.7 Å². The SMILES string of the molecule is CCCCN(C)C(=O)C1CCN(C(=O)CC2(C(=O)O)CCC2)CC1. The fourth-order valence-corrected chi connectivity index (χ4v) is 3.66. The van der Waals surface area contributed by atoms with E-state index in [0.717, 1.165) is 25.8 Å². The second-order valence-electron chi connectivity index (χ2n) is 7.38. The molecule has 6 nitrogen and oxygen atoms in total. The van der Waals surface area contributed by atoms with Crippen LogP contribution in [-0.2, 0) is 14.4 Å². The first-order chi connectivity index (χ1) is 11.4. The highest BCUT2D eigenvalue weighted by molar-refractivity contribution is 5.86. The van der Waals surface area contributed by atoms with E-state index >= 15 is 0 Å². The minimum Gasteiger partial charge on any atom is -0.481 e. The molecule has 2 rings (SSSR count). The molecule has 0 unspecified atom stereocenters. The molecule has 0 aromatic carbocycles. The van der Waals surface area contributed by atoms with Gasteiger partial charge in [-0.2, -0.15) is 0 Å². The molecule has 0 aromatic rings. The van der Waals surface area contributed by atoms with Gasteiger partial charge in [-0.3, -0.25) is 14.4 Å². The van der Waals surface area contributed by atoms with Gasteiger partial charge in [0.25, 0.3) is 0 Å². The van der Waals surface area contributed by atoms with Crippen LogP contribution in [0.2, 0.25) is 0 Å². The summed E-state index contributed by atoms with van der Waals surface area (Å²) in [5.74, 6) is -0.739. The lowest BCUT2D eigenvalue weighted by Gasteiger charge is -2.40. The number of amides is 2. The fourth-order valence-electron chi connectivity index (χ4n) is 3.66. The molecule has 2 fully saturated rings. The minimum atomic E-state index is -0.843. The molecule has 0 atom stereocenters. The summed E-state index contributed by atoms with van der Waals surface area (Å²) in [7, 11) is 1.85. The van der Waals surface area contributed by atoms with Gasteiger partial charge in [0.2, 0.25) is 11.8 Å². The van der Waals surface area contributed by atoms with Crippen molar-refractivity contribution in [1.29, 1.82) is 0 Å². The molecule has 24 heavy (non-hydrogen) atoms. The Bertz CT molecular complexity index is 479. The standard InChI is InChI=1S/C18H30N2O4/c1-3-4-10-19(2)16(22)14-6-11-20(12-7-14)15(21)13-18(17(23)24)8-5-9-18/h14H,3-13H2,1-2H3,(H,23,24). The first-order valence-electron chi connectivity index (χ1n) is 9.16. The third-order valence-electron chi connectivity index (χ3n) is 5.67. The summed E-state index contributed by atoms with van der Waals surface area (Å²) < 4.78 is 0. The third-order valence-corrected chi connectivity index (χ3v) is 5.67. The Labute approximate surface area is 144 Å². The van der Waals surface area contributed by atoms with Crippen LogP contribution >= 0.6 is 0 Å². The number of unbranched alkanes of at least 4 members (excludes halogenated alkanes) is 1. The molecule has 6 heteroatoms. The maximum absolute atomic E-state index is 12.4. The van der Waals surface area contributed by atoms with Crippen LogP contribution in [0.4, 0.5) is 0 Å². The Kier molecular flexibility index (Phi) is 6.24. The Morgan fingerprint density at radius 2 is 1.83 bits per heavy atom. The van der Waals surface area contributed by atoms with E-state index in [1.54, 1.807) is 9.80 Å². The molecule has 1 saturated heterocycles. The van der Waals surface area contributed by atoms with Gasteiger partial charge < -0.3 is 14.9 Å². The molecule has 0 bridgehead atoms. The van der Waals surface area contributed by atoms with Gasteiger partial charge >= 0.3 is 5.97 Å². The zero-order valence-corrected chi connectivity index (χ0v) is 14.9. The van der Waals surface area contributed by atoms with Crippen LogP contribution in [0.1, 0.15) is 58.3 Å². The number of piperidine rings is 1. The van der Waals surface area contributed by atoms with E-state index in [4.69, 9.17) is 0 Å². The van der Waals surface area contributed by atoms with E-state index in [9.17, 15) is 19.5 Å². The lowest BCUT2D eigenvalue weighted by Crippen LogP contribution is -2.47. The Morgan fingerprint density at radius 3 is 2.29 bits per heavy atom. The molecule has 1 saturated carbocycles. The molecule has 1 aliphatic heterocycles. The van der Waals surface area contributed by atoms with Crippen molar-refractivity contribution < 1.29 is 19.5 Å². The van der Waals surface area contributed by atoms with Gasteiger partial charge in [-0.25, -0.2) is 0 Å². The highest BCUT2D eigenvalue weighted by Crippen LogP contribution is 2.44. The maximum Gasteiger partial charge on any atom is 0.310 e. The zero-order valence-electron chi connectivity index (χ0n) is 14.9. The monoisotopic (exact) mass is 338 g/mol. The van der Waals surface area contributed by atoms with Crippen molar-refractivity contribution >= 4 is 17.8 Å². The second-order valence-corrected chi connectivity index (χ2v) is 7.38. The second kappa shape index (κ2) is 7.99. The van der Waals surface area contributed by atoms with Gasteiger partial charge in [0, 0.05) is 39.0 Å². The Balaban J connectivity index is 1.80. The van der Waals surface area contributed by atoms with Crippen LogP contribution in [0.5, 0.6) is 0 Å². The smallest absolute Gasteiger partial charge is 0.310 e. The molecule has 0 aromatic heterocycles. The molecule has 0 spiro atoms. The van der Waals surface area contributed by atoms with Crippen molar-refractivity contribution in [3.8, 4) is 0 Å². The largest absolute Gasteiger partial charge is 0.481 e. The molecule has 1 N–H and O–H groups in total. The summed E-state index contributed by atoms with van der Waals surface area (Å²) in [6.45, 7) is 4.02. The lowest BCUT2D eigenvalue weighted by molar-refractivity contribution is -0.160. The van der Waals surface area contributed by atoms with E-state index in [-0.39, 0.29) is 24.2 Å². The van der Waals surface area contributed by atoms with Crippen LogP contribution in [0, 0.1) is 11.3 Å². The van der Waals surface area contributed by atoms with E-state index in [2.05, 4.69) is 6.92 Å². The fraction of sp³-hybridized carbons (Fsp3) is 0.833. The number of rotatable bonds is 7. The quantitative estimate of drug-likeness (QED) is 0.771. The number of aliphatic carboxylic acids is 1. The highest BCUT2D eigenvalue weighted by atomic mass is 16.4. The van der Waals surface area contributed by atoms with Gasteiger partial charge in [0.05, 0.1) is 5.41 Å². The van der Waals surface area contributed by atoms with E-state index in [1.807, 2.05) is 7.05 Å². The zero-order chi connectivity index (χ0) is 17.7. The summed E-state index contributed by atoms with van der Waals surface area (Å²) in [5.41, 5.74) is -0.829. The van der Waals surface area contributed by atoms with Crippen molar-refractivity contribution in [1.82, 2.24) is 9.80 Å². The molecule has 136 valence electrons.